The molecule has 0 atom stereocenters. The average molecular weight is 379 g/mol. The second-order valence-electron chi connectivity index (χ2n) is 6.07. The molecule has 0 N–H and O–H groups in total. The number of ether oxygens (including phenoxy) is 2. The van der Waals surface area contributed by atoms with Crippen molar-refractivity contribution in [1.82, 2.24) is 25.1 Å². The van der Waals surface area contributed by atoms with Gasteiger partial charge in [-0.05, 0) is 42.0 Å². The van der Waals surface area contributed by atoms with Gasteiger partial charge in [0.15, 0.2) is 17.3 Å². The topological polar surface area (TPSA) is 82.4 Å². The Morgan fingerprint density at radius 3 is 2.65 bits per heavy atom. The van der Waals surface area contributed by atoms with Crippen LogP contribution in [-0.4, -0.2) is 58.0 Å². The molecule has 2 aromatic rings. The average Bonchev–Trinajstić information content (AvgIpc) is 3.10. The van der Waals surface area contributed by atoms with E-state index in [1.54, 1.807) is 30.8 Å². The van der Waals surface area contributed by atoms with Gasteiger partial charge in [0.1, 0.15) is 0 Å². The van der Waals surface area contributed by atoms with Gasteiger partial charge in [0.2, 0.25) is 5.91 Å². The molecule has 9 heteroatoms. The second kappa shape index (κ2) is 9.42. The first-order chi connectivity index (χ1) is 12.5. The summed E-state index contributed by atoms with van der Waals surface area (Å²) < 4.78 is 12.3. The second-order valence-corrected chi connectivity index (χ2v) is 7.05. The van der Waals surface area contributed by atoms with Crippen LogP contribution < -0.4 is 9.47 Å². The first-order valence-corrected chi connectivity index (χ1v) is 9.41. The number of hydrogen-bond donors (Lipinski definition) is 0. The Morgan fingerprint density at radius 1 is 1.27 bits per heavy atom. The van der Waals surface area contributed by atoms with Crippen LogP contribution in [0.2, 0.25) is 0 Å². The lowest BCUT2D eigenvalue weighted by Crippen LogP contribution is -2.28. The molecule has 1 heterocycles. The Balaban J connectivity index is 1.86. The van der Waals surface area contributed by atoms with E-state index < -0.39 is 0 Å². The normalized spacial score (nSPS) is 10.8. The van der Waals surface area contributed by atoms with Crippen molar-refractivity contribution < 1.29 is 14.3 Å². The maximum Gasteiger partial charge on any atom is 0.232 e. The Hall–Kier alpha value is -2.29. The highest BCUT2D eigenvalue weighted by Gasteiger charge is 2.14. The maximum absolute atomic E-state index is 12.4. The molecule has 1 aromatic heterocycles. The van der Waals surface area contributed by atoms with Gasteiger partial charge in [-0.3, -0.25) is 4.79 Å². The van der Waals surface area contributed by atoms with Crippen LogP contribution >= 0.6 is 11.8 Å². The number of carbonyl (C=O) groups is 1. The molecule has 26 heavy (non-hydrogen) atoms. The first-order valence-electron chi connectivity index (χ1n) is 8.25. The number of benzene rings is 1. The minimum absolute atomic E-state index is 0.0494. The van der Waals surface area contributed by atoms with E-state index in [0.29, 0.717) is 29.5 Å². The largest absolute Gasteiger partial charge is 0.493 e. The molecule has 0 aliphatic carbocycles. The van der Waals surface area contributed by atoms with Crippen LogP contribution in [0.4, 0.5) is 0 Å². The fourth-order valence-electron chi connectivity index (χ4n) is 2.39. The summed E-state index contributed by atoms with van der Waals surface area (Å²) in [4.78, 5) is 14.1. The fourth-order valence-corrected chi connectivity index (χ4v) is 3.26. The lowest BCUT2D eigenvalue weighted by molar-refractivity contribution is -0.127. The highest BCUT2D eigenvalue weighted by Crippen LogP contribution is 2.28. The SMILES string of the molecule is COc1ccc(CN(C)C(=O)CSCc2nnnn2C(C)C)cc1OC. The minimum atomic E-state index is 0.0494. The van der Waals surface area contributed by atoms with Gasteiger partial charge in [-0.1, -0.05) is 6.07 Å². The van der Waals surface area contributed by atoms with Crippen molar-refractivity contribution in [2.45, 2.75) is 32.2 Å². The molecule has 0 aliphatic heterocycles. The number of carbonyl (C=O) groups excluding carboxylic acids is 1. The fraction of sp³-hybridized carbons (Fsp3) is 0.529. The van der Waals surface area contributed by atoms with Gasteiger partial charge < -0.3 is 14.4 Å². The molecule has 0 fully saturated rings. The van der Waals surface area contributed by atoms with E-state index in [0.717, 1.165) is 11.4 Å². The van der Waals surface area contributed by atoms with Crippen molar-refractivity contribution >= 4 is 17.7 Å². The van der Waals surface area contributed by atoms with Gasteiger partial charge in [-0.15, -0.1) is 16.9 Å². The van der Waals surface area contributed by atoms with Crippen LogP contribution in [0.15, 0.2) is 18.2 Å². The molecular formula is C17H25N5O3S. The van der Waals surface area contributed by atoms with E-state index in [4.69, 9.17) is 9.47 Å². The summed E-state index contributed by atoms with van der Waals surface area (Å²) in [6, 6.07) is 5.85. The number of tetrazole rings is 1. The Labute approximate surface area is 157 Å². The summed E-state index contributed by atoms with van der Waals surface area (Å²) in [6.07, 6.45) is 0. The molecule has 0 spiro atoms. The summed E-state index contributed by atoms with van der Waals surface area (Å²) in [7, 11) is 4.98. The number of rotatable bonds is 9. The van der Waals surface area contributed by atoms with E-state index >= 15 is 0 Å². The molecule has 142 valence electrons. The predicted molar refractivity (Wildman–Crippen MR) is 100 cm³/mol. The molecule has 2 rings (SSSR count). The third-order valence-corrected chi connectivity index (χ3v) is 4.71. The van der Waals surface area contributed by atoms with Crippen molar-refractivity contribution in [3.05, 3.63) is 29.6 Å². The van der Waals surface area contributed by atoms with E-state index in [1.165, 1.54) is 11.8 Å². The highest BCUT2D eigenvalue weighted by molar-refractivity contribution is 7.99. The van der Waals surface area contributed by atoms with Crippen LogP contribution in [0.25, 0.3) is 0 Å². The number of methoxy groups -OCH3 is 2. The highest BCUT2D eigenvalue weighted by atomic mass is 32.2. The predicted octanol–water partition coefficient (Wildman–Crippen LogP) is 2.16. The summed E-state index contributed by atoms with van der Waals surface area (Å²) in [5.74, 6) is 3.12. The van der Waals surface area contributed by atoms with Crippen molar-refractivity contribution in [2.24, 2.45) is 0 Å². The lowest BCUT2D eigenvalue weighted by Gasteiger charge is -2.18. The molecule has 8 nitrogen and oxygen atoms in total. The number of thioether (sulfide) groups is 1. The number of aromatic nitrogens is 4. The first kappa shape index (κ1) is 20.0. The number of hydrogen-bond acceptors (Lipinski definition) is 7. The van der Waals surface area contributed by atoms with E-state index in [1.807, 2.05) is 32.0 Å². The zero-order valence-corrected chi connectivity index (χ0v) is 16.6. The van der Waals surface area contributed by atoms with E-state index in [9.17, 15) is 4.79 Å². The minimum Gasteiger partial charge on any atom is -0.493 e. The van der Waals surface area contributed by atoms with E-state index in [-0.39, 0.29) is 11.9 Å². The molecule has 0 unspecified atom stereocenters. The van der Waals surface area contributed by atoms with Crippen molar-refractivity contribution in [3.8, 4) is 11.5 Å². The lowest BCUT2D eigenvalue weighted by atomic mass is 10.2. The smallest absolute Gasteiger partial charge is 0.232 e. The van der Waals surface area contributed by atoms with Gasteiger partial charge in [0, 0.05) is 13.6 Å². The molecule has 0 bridgehead atoms. The molecule has 0 saturated carbocycles. The van der Waals surface area contributed by atoms with Gasteiger partial charge in [0.05, 0.1) is 31.8 Å². The zero-order chi connectivity index (χ0) is 19.1. The zero-order valence-electron chi connectivity index (χ0n) is 15.8. The molecule has 0 saturated heterocycles. The summed E-state index contributed by atoms with van der Waals surface area (Å²) in [6.45, 7) is 4.54. The van der Waals surface area contributed by atoms with Gasteiger partial charge in [-0.2, -0.15) is 0 Å². The Morgan fingerprint density at radius 2 is 2.00 bits per heavy atom. The third-order valence-electron chi connectivity index (χ3n) is 3.80. The quantitative estimate of drug-likeness (QED) is 0.660. The van der Waals surface area contributed by atoms with Crippen molar-refractivity contribution in [3.63, 3.8) is 0 Å². The number of nitrogens with zero attached hydrogens (tertiary/aromatic N) is 5. The standard InChI is InChI=1S/C17H25N5O3S/c1-12(2)22-16(18-19-20-22)10-26-11-17(23)21(3)9-13-6-7-14(24-4)15(8-13)25-5/h6-8,12H,9-11H2,1-5H3. The molecule has 1 amide bonds. The number of amides is 1. The summed E-state index contributed by atoms with van der Waals surface area (Å²) >= 11 is 1.50. The van der Waals surface area contributed by atoms with Crippen LogP contribution in [0.5, 0.6) is 11.5 Å². The van der Waals surface area contributed by atoms with Gasteiger partial charge in [0.25, 0.3) is 0 Å². The maximum atomic E-state index is 12.4. The third kappa shape index (κ3) is 5.10. The van der Waals surface area contributed by atoms with Crippen molar-refractivity contribution in [2.75, 3.05) is 27.0 Å². The van der Waals surface area contributed by atoms with Gasteiger partial charge in [-0.25, -0.2) is 4.68 Å². The monoisotopic (exact) mass is 379 g/mol. The molecule has 0 aliphatic rings. The van der Waals surface area contributed by atoms with Crippen molar-refractivity contribution in [1.29, 1.82) is 0 Å². The summed E-state index contributed by atoms with van der Waals surface area (Å²) in [5, 5.41) is 11.7. The van der Waals surface area contributed by atoms with Crippen LogP contribution in [0, 0.1) is 0 Å². The van der Waals surface area contributed by atoms with Gasteiger partial charge >= 0.3 is 0 Å². The molecular weight excluding hydrogens is 354 g/mol. The van der Waals surface area contributed by atoms with Crippen LogP contribution in [0.1, 0.15) is 31.3 Å². The van der Waals surface area contributed by atoms with E-state index in [2.05, 4.69) is 15.5 Å². The van der Waals surface area contributed by atoms with Crippen LogP contribution in [-0.2, 0) is 17.1 Å². The molecule has 1 aromatic carbocycles. The Bertz CT molecular complexity index is 735. The molecule has 0 radical (unpaired) electrons. The Kier molecular flexibility index (Phi) is 7.26. The summed E-state index contributed by atoms with van der Waals surface area (Å²) in [5.41, 5.74) is 0.979. The van der Waals surface area contributed by atoms with Crippen LogP contribution in [0.3, 0.4) is 0 Å².